The summed E-state index contributed by atoms with van der Waals surface area (Å²) in [6.07, 6.45) is -1.07. The zero-order valence-electron chi connectivity index (χ0n) is 8.90. The summed E-state index contributed by atoms with van der Waals surface area (Å²) in [7, 11) is -2.86. The number of hydrogen-bond donors (Lipinski definition) is 3. The first kappa shape index (κ1) is 14.1. The molecule has 0 radical (unpaired) electrons. The summed E-state index contributed by atoms with van der Waals surface area (Å²) in [6.45, 7) is 3.19. The van der Waals surface area contributed by atoms with E-state index in [0.29, 0.717) is 0 Å². The number of aliphatic hydroxyl groups excluding tert-OH is 1. The van der Waals surface area contributed by atoms with E-state index >= 15 is 0 Å². The van der Waals surface area contributed by atoms with E-state index < -0.39 is 21.7 Å². The Kier molecular flexibility index (Phi) is 4.98. The van der Waals surface area contributed by atoms with Crippen LogP contribution in [0.5, 0.6) is 0 Å². The van der Waals surface area contributed by atoms with Crippen LogP contribution in [-0.2, 0) is 14.9 Å². The molecule has 90 valence electrons. The molecule has 0 saturated carbocycles. The van der Waals surface area contributed by atoms with Crippen molar-refractivity contribution in [3.63, 3.8) is 0 Å². The Balaban J connectivity index is 4.23. The van der Waals surface area contributed by atoms with Crippen LogP contribution in [0.4, 0.5) is 4.79 Å². The normalized spacial score (nSPS) is 12.3. The van der Waals surface area contributed by atoms with Gasteiger partial charge in [-0.3, -0.25) is 0 Å². The van der Waals surface area contributed by atoms with Crippen LogP contribution in [0, 0.1) is 5.41 Å². The second-order valence-electron chi connectivity index (χ2n) is 3.74. The highest BCUT2D eigenvalue weighted by atomic mass is 32.2. The van der Waals surface area contributed by atoms with Gasteiger partial charge in [0.15, 0.2) is 0 Å². The van der Waals surface area contributed by atoms with Crippen molar-refractivity contribution in [3.05, 3.63) is 0 Å². The molecule has 0 aliphatic carbocycles. The van der Waals surface area contributed by atoms with E-state index in [9.17, 15) is 13.2 Å². The van der Waals surface area contributed by atoms with Crippen LogP contribution in [0.25, 0.3) is 0 Å². The minimum Gasteiger partial charge on any atom is -0.452 e. The summed E-state index contributed by atoms with van der Waals surface area (Å²) in [5, 5.41) is 8.87. The van der Waals surface area contributed by atoms with Crippen LogP contribution in [-0.4, -0.2) is 39.9 Å². The Morgan fingerprint density at radius 3 is 2.40 bits per heavy atom. The Morgan fingerprint density at radius 2 is 2.00 bits per heavy atom. The molecule has 0 rings (SSSR count). The minimum absolute atomic E-state index is 0.00975. The third-order valence-electron chi connectivity index (χ3n) is 1.57. The number of methoxy groups -OCH3 is 1. The number of hydrogen-bond acceptors (Lipinski definition) is 5. The van der Waals surface area contributed by atoms with Crippen molar-refractivity contribution in [1.82, 2.24) is 9.44 Å². The van der Waals surface area contributed by atoms with E-state index in [2.05, 4.69) is 9.46 Å². The number of nitrogens with one attached hydrogen (secondary N) is 2. The molecule has 0 atom stereocenters. The maximum absolute atomic E-state index is 11.2. The molecule has 0 unspecified atom stereocenters. The summed E-state index contributed by atoms with van der Waals surface area (Å²) in [5.41, 5.74) is -0.592. The average molecular weight is 240 g/mol. The van der Waals surface area contributed by atoms with Crippen LogP contribution < -0.4 is 9.44 Å². The molecular formula is C7H16N2O5S. The summed E-state index contributed by atoms with van der Waals surface area (Å²) >= 11 is 0. The van der Waals surface area contributed by atoms with Gasteiger partial charge in [0.1, 0.15) is 0 Å². The third-order valence-corrected chi connectivity index (χ3v) is 2.53. The molecule has 0 aromatic carbocycles. The fourth-order valence-corrected chi connectivity index (χ4v) is 1.49. The lowest BCUT2D eigenvalue weighted by Crippen LogP contribution is -2.44. The molecule has 0 bridgehead atoms. The van der Waals surface area contributed by atoms with E-state index in [-0.39, 0.29) is 13.2 Å². The smallest absolute Gasteiger partial charge is 0.421 e. The second-order valence-corrected chi connectivity index (χ2v) is 5.24. The van der Waals surface area contributed by atoms with Crippen LogP contribution >= 0.6 is 0 Å². The zero-order chi connectivity index (χ0) is 12.1. The van der Waals surface area contributed by atoms with Gasteiger partial charge in [0.2, 0.25) is 0 Å². The molecule has 1 amide bonds. The van der Waals surface area contributed by atoms with Crippen LogP contribution in [0.3, 0.4) is 0 Å². The van der Waals surface area contributed by atoms with E-state index in [0.717, 1.165) is 7.11 Å². The number of ether oxygens (including phenoxy) is 1. The first-order valence-electron chi connectivity index (χ1n) is 4.18. The van der Waals surface area contributed by atoms with Crippen LogP contribution in [0.2, 0.25) is 0 Å². The van der Waals surface area contributed by atoms with Crippen LogP contribution in [0.1, 0.15) is 13.8 Å². The molecule has 8 heteroatoms. The van der Waals surface area contributed by atoms with Gasteiger partial charge < -0.3 is 9.84 Å². The number of aliphatic hydroxyl groups is 1. The minimum atomic E-state index is -3.92. The van der Waals surface area contributed by atoms with Crippen molar-refractivity contribution in [3.8, 4) is 0 Å². The summed E-state index contributed by atoms with van der Waals surface area (Å²) in [4.78, 5) is 10.6. The van der Waals surface area contributed by atoms with E-state index in [4.69, 9.17) is 5.11 Å². The SMILES string of the molecule is COC(=O)NS(=O)(=O)NCC(C)(C)CO. The summed E-state index contributed by atoms with van der Waals surface area (Å²) in [5.74, 6) is 0. The molecule has 0 heterocycles. The highest BCUT2D eigenvalue weighted by Crippen LogP contribution is 2.11. The lowest BCUT2D eigenvalue weighted by molar-refractivity contribution is 0.162. The molecule has 7 nitrogen and oxygen atoms in total. The molecule has 15 heavy (non-hydrogen) atoms. The Bertz CT molecular complexity index is 311. The highest BCUT2D eigenvalue weighted by molar-refractivity contribution is 7.88. The lowest BCUT2D eigenvalue weighted by atomic mass is 9.96. The first-order chi connectivity index (χ1) is 6.72. The second kappa shape index (κ2) is 5.29. The van der Waals surface area contributed by atoms with Crippen molar-refractivity contribution < 1.29 is 23.1 Å². The molecule has 0 spiro atoms. The van der Waals surface area contributed by atoms with Gasteiger partial charge in [-0.05, 0) is 0 Å². The van der Waals surface area contributed by atoms with Crippen molar-refractivity contribution in [2.75, 3.05) is 20.3 Å². The summed E-state index contributed by atoms with van der Waals surface area (Å²) in [6, 6.07) is 0. The van der Waals surface area contributed by atoms with Gasteiger partial charge in [0.25, 0.3) is 0 Å². The van der Waals surface area contributed by atoms with Gasteiger partial charge in [-0.15, -0.1) is 0 Å². The van der Waals surface area contributed by atoms with Crippen molar-refractivity contribution in [1.29, 1.82) is 0 Å². The average Bonchev–Trinajstić information content (AvgIpc) is 2.14. The molecule has 0 aromatic heterocycles. The molecular weight excluding hydrogens is 224 g/mol. The van der Waals surface area contributed by atoms with Crippen molar-refractivity contribution >= 4 is 16.3 Å². The lowest BCUT2D eigenvalue weighted by Gasteiger charge is -2.21. The first-order valence-corrected chi connectivity index (χ1v) is 5.67. The Morgan fingerprint density at radius 1 is 1.47 bits per heavy atom. The fourth-order valence-electron chi connectivity index (χ4n) is 0.534. The van der Waals surface area contributed by atoms with Gasteiger partial charge in [0, 0.05) is 18.6 Å². The van der Waals surface area contributed by atoms with Gasteiger partial charge >= 0.3 is 16.3 Å². The van der Waals surface area contributed by atoms with Gasteiger partial charge in [-0.2, -0.15) is 13.1 Å². The van der Waals surface area contributed by atoms with Gasteiger partial charge in [0.05, 0.1) is 7.11 Å². The fraction of sp³-hybridized carbons (Fsp3) is 0.857. The Hall–Kier alpha value is -0.860. The van der Waals surface area contributed by atoms with E-state index in [1.165, 1.54) is 0 Å². The predicted octanol–water partition coefficient (Wildman–Crippen LogP) is -0.805. The Labute approximate surface area is 89.0 Å². The number of carbonyl (C=O) groups excluding carboxylic acids is 1. The quantitative estimate of drug-likeness (QED) is 0.583. The molecule has 0 aliphatic rings. The van der Waals surface area contributed by atoms with Crippen molar-refractivity contribution in [2.45, 2.75) is 13.8 Å². The highest BCUT2D eigenvalue weighted by Gasteiger charge is 2.21. The number of amides is 1. The molecule has 0 saturated heterocycles. The zero-order valence-corrected chi connectivity index (χ0v) is 9.72. The predicted molar refractivity (Wildman–Crippen MR) is 53.3 cm³/mol. The third kappa shape index (κ3) is 6.26. The molecule has 0 fully saturated rings. The largest absolute Gasteiger partial charge is 0.452 e. The van der Waals surface area contributed by atoms with Crippen LogP contribution in [0.15, 0.2) is 0 Å². The van der Waals surface area contributed by atoms with E-state index in [1.54, 1.807) is 18.6 Å². The monoisotopic (exact) mass is 240 g/mol. The summed E-state index contributed by atoms with van der Waals surface area (Å²) < 4.78 is 30.2. The molecule has 0 aromatic rings. The van der Waals surface area contributed by atoms with E-state index in [1.807, 2.05) is 0 Å². The maximum atomic E-state index is 11.2. The number of rotatable bonds is 5. The maximum Gasteiger partial charge on any atom is 0.421 e. The number of carbonyl (C=O) groups is 1. The topological polar surface area (TPSA) is 105 Å². The van der Waals surface area contributed by atoms with Gasteiger partial charge in [-0.1, -0.05) is 13.8 Å². The standard InChI is InChI=1S/C7H16N2O5S/c1-7(2,5-10)4-8-15(12,13)9-6(11)14-3/h8,10H,4-5H2,1-3H3,(H,9,11). The van der Waals surface area contributed by atoms with Crippen molar-refractivity contribution in [2.24, 2.45) is 5.41 Å². The molecule has 0 aliphatic heterocycles. The van der Waals surface area contributed by atoms with Gasteiger partial charge in [-0.25, -0.2) is 9.52 Å². The molecule has 3 N–H and O–H groups in total.